The van der Waals surface area contributed by atoms with Crippen LogP contribution in [-0.4, -0.2) is 9.97 Å². The second-order valence-corrected chi connectivity index (χ2v) is 12.3. The third-order valence-corrected chi connectivity index (χ3v) is 7.37. The van der Waals surface area contributed by atoms with Gasteiger partial charge in [-0.3, -0.25) is 0 Å². The van der Waals surface area contributed by atoms with Crippen molar-refractivity contribution in [3.8, 4) is 33.6 Å². The SMILES string of the molecule is [2H]C([2H])([2H])c1c[c-]c(-c2ccc(C([2H])([2H])[2H])cn2)cc1.[2H]C([2H])([2H])c1cc(C([2H])([2H])[2H])c2oc3c(-c4cc(-c5ccc(C([2H])([2H])C(C)(C)C)cc5C([2H])([2H])[2H])c(C([2H])([2H])[2H])cn4)[c-]ccc3c2c1.[Ir]. The van der Waals surface area contributed by atoms with E-state index in [9.17, 15) is 0 Å². The number of benzene rings is 4. The second-order valence-electron chi connectivity index (χ2n) is 12.3. The molecule has 0 unspecified atom stereocenters. The molecule has 49 heavy (non-hydrogen) atoms. The molecule has 0 aliphatic heterocycles. The molecule has 3 aromatic heterocycles. The molecule has 0 spiro atoms. The number of hydrogen-bond acceptors (Lipinski definition) is 3. The largest absolute Gasteiger partial charge is 0.500 e. The van der Waals surface area contributed by atoms with E-state index in [1.807, 2.05) is 0 Å². The number of furan rings is 1. The predicted molar refractivity (Wildman–Crippen MR) is 201 cm³/mol. The molecule has 0 aliphatic rings. The molecule has 4 aromatic carbocycles. The monoisotopic (exact) mass is 841 g/mol. The average molecular weight is 841 g/mol. The van der Waals surface area contributed by atoms with Gasteiger partial charge in [-0.25, -0.2) is 0 Å². The van der Waals surface area contributed by atoms with Crippen LogP contribution in [0.4, 0.5) is 0 Å². The Morgan fingerprint density at radius 3 is 2.16 bits per heavy atom. The van der Waals surface area contributed by atoms with E-state index in [1.165, 1.54) is 60.8 Å². The van der Waals surface area contributed by atoms with Crippen molar-refractivity contribution in [1.82, 2.24) is 9.97 Å². The van der Waals surface area contributed by atoms with E-state index >= 15 is 0 Å². The van der Waals surface area contributed by atoms with Gasteiger partial charge in [0.25, 0.3) is 0 Å². The Kier molecular flexibility index (Phi) is 5.38. The van der Waals surface area contributed by atoms with Gasteiger partial charge in [-0.1, -0.05) is 86.6 Å². The van der Waals surface area contributed by atoms with Gasteiger partial charge in [0.05, 0.1) is 5.58 Å². The first-order valence-corrected chi connectivity index (χ1v) is 15.0. The topological polar surface area (TPSA) is 38.9 Å². The average Bonchev–Trinajstić information content (AvgIpc) is 3.60. The maximum absolute atomic E-state index is 8.71. The van der Waals surface area contributed by atoms with Crippen molar-refractivity contribution in [1.29, 1.82) is 0 Å². The maximum atomic E-state index is 8.71. The summed E-state index contributed by atoms with van der Waals surface area (Å²) in [6.45, 7) is -10.1. The number of hydrogen-bond donors (Lipinski definition) is 0. The summed E-state index contributed by atoms with van der Waals surface area (Å²) in [7, 11) is 0. The molecule has 0 bridgehead atoms. The molecule has 3 heterocycles. The summed E-state index contributed by atoms with van der Waals surface area (Å²) in [5.74, 6) is 0. The summed E-state index contributed by atoms with van der Waals surface area (Å²) in [5, 5.41) is 0.614. The standard InChI is InChI=1S/C32H32NO.C13H12N.Ir/c1-19-13-21(3)30-28(14-19)25-9-8-10-26(31(25)34-30)29-16-27(22(4)18-33-29)24-12-11-23(15-20(24)2)17-32(5,6)7;1-10-3-6-12(7-4-10)13-8-5-11(2)9-14-13;/h8-9,11-16,18H,17H2,1-7H3;3-6,8-9H,1-2H3;/q2*-1;/i1D3,2D3,3D3,4D3,17D2;1D3,2D3;. The first kappa shape index (κ1) is 18.0. The van der Waals surface area contributed by atoms with Gasteiger partial charge in [-0.05, 0) is 102 Å². The van der Waals surface area contributed by atoms with Crippen molar-refractivity contribution in [3.05, 3.63) is 142 Å². The molecule has 0 amide bonds. The molecule has 0 saturated carbocycles. The van der Waals surface area contributed by atoms with Crippen LogP contribution >= 0.6 is 0 Å². The summed E-state index contributed by atoms with van der Waals surface area (Å²) in [4.78, 5) is 8.45. The van der Waals surface area contributed by atoms with Crippen LogP contribution in [0.1, 0.15) is 87.1 Å². The molecule has 0 N–H and O–H groups in total. The minimum atomic E-state index is -2.76. The molecule has 1 radical (unpaired) electrons. The van der Waals surface area contributed by atoms with Crippen LogP contribution in [0, 0.1) is 58.7 Å². The Bertz CT molecular complexity index is 2910. The summed E-state index contributed by atoms with van der Waals surface area (Å²) < 4.78 is 165. The third kappa shape index (κ3) is 8.10. The van der Waals surface area contributed by atoms with Crippen molar-refractivity contribution in [2.24, 2.45) is 5.41 Å². The number of rotatable bonds is 4. The molecular weight excluding hydrogens is 777 g/mol. The van der Waals surface area contributed by atoms with Gasteiger partial charge in [-0.2, -0.15) is 0 Å². The smallest absolute Gasteiger partial charge is 0.123 e. The summed E-state index contributed by atoms with van der Waals surface area (Å²) in [5.41, 5.74) is 0.260. The minimum absolute atomic E-state index is 0. The quantitative estimate of drug-likeness (QED) is 0.166. The van der Waals surface area contributed by atoms with E-state index in [2.05, 4.69) is 22.1 Å². The first-order chi connectivity index (χ1) is 30.9. The summed E-state index contributed by atoms with van der Waals surface area (Å²) >= 11 is 0. The summed E-state index contributed by atoms with van der Waals surface area (Å²) in [6, 6.07) is 24.5. The van der Waals surface area contributed by atoms with Gasteiger partial charge in [0.1, 0.15) is 5.58 Å². The van der Waals surface area contributed by atoms with Gasteiger partial charge in [0, 0.05) is 65.3 Å². The Hall–Kier alpha value is -4.37. The number of pyridine rings is 2. The Labute approximate surface area is 333 Å². The van der Waals surface area contributed by atoms with Gasteiger partial charge in [0.2, 0.25) is 0 Å². The van der Waals surface area contributed by atoms with Gasteiger partial charge < -0.3 is 14.4 Å². The van der Waals surface area contributed by atoms with Crippen molar-refractivity contribution >= 4 is 21.9 Å². The molecule has 0 fully saturated rings. The molecule has 3 nitrogen and oxygen atoms in total. The molecular formula is C45H44IrN2O-2. The molecule has 0 aliphatic carbocycles. The van der Waals surface area contributed by atoms with E-state index in [4.69, 9.17) is 31.8 Å². The number of fused-ring (bicyclic) bond motifs is 3. The summed E-state index contributed by atoms with van der Waals surface area (Å²) in [6.07, 6.45) is 0.480. The maximum Gasteiger partial charge on any atom is 0.123 e. The van der Waals surface area contributed by atoms with Crippen molar-refractivity contribution in [2.75, 3.05) is 0 Å². The number of aryl methyl sites for hydroxylation is 6. The number of aromatic nitrogens is 2. The Morgan fingerprint density at radius 2 is 1.47 bits per heavy atom. The first-order valence-electron chi connectivity index (χ1n) is 25.0. The van der Waals surface area contributed by atoms with Gasteiger partial charge in [-0.15, -0.1) is 53.6 Å². The molecule has 7 rings (SSSR count). The van der Waals surface area contributed by atoms with Crippen LogP contribution in [-0.2, 0) is 26.5 Å². The van der Waals surface area contributed by atoms with E-state index in [0.717, 1.165) is 12.3 Å². The Balaban J connectivity index is 0.000000353. The van der Waals surface area contributed by atoms with Crippen LogP contribution in [0.25, 0.3) is 55.6 Å². The van der Waals surface area contributed by atoms with E-state index in [1.54, 1.807) is 39.0 Å². The van der Waals surface area contributed by atoms with Crippen LogP contribution in [0.2, 0.25) is 0 Å². The second kappa shape index (κ2) is 14.6. The van der Waals surface area contributed by atoms with E-state index in [-0.39, 0.29) is 98.0 Å². The zero-order valence-electron chi connectivity index (χ0n) is 46.8. The molecule has 0 saturated heterocycles. The van der Waals surface area contributed by atoms with Crippen LogP contribution in [0.15, 0.2) is 95.7 Å². The Morgan fingerprint density at radius 1 is 0.673 bits per heavy atom. The number of nitrogens with zero attached hydrogens (tertiary/aromatic N) is 2. The van der Waals surface area contributed by atoms with Crippen LogP contribution in [0.5, 0.6) is 0 Å². The molecule has 251 valence electrons. The fourth-order valence-corrected chi connectivity index (χ4v) is 5.28. The molecule has 4 heteroatoms. The zero-order chi connectivity index (χ0) is 51.0. The van der Waals surface area contributed by atoms with E-state index < -0.39 is 52.9 Å². The fourth-order valence-electron chi connectivity index (χ4n) is 5.28. The predicted octanol–water partition coefficient (Wildman–Crippen LogP) is 12.1. The van der Waals surface area contributed by atoms with Crippen molar-refractivity contribution < 1.29 is 51.9 Å². The zero-order valence-corrected chi connectivity index (χ0v) is 29.2. The van der Waals surface area contributed by atoms with Gasteiger partial charge in [0.15, 0.2) is 0 Å². The van der Waals surface area contributed by atoms with Crippen molar-refractivity contribution in [3.63, 3.8) is 0 Å². The van der Waals surface area contributed by atoms with Crippen LogP contribution in [0.3, 0.4) is 0 Å². The fraction of sp³-hybridized carbons (Fsp3) is 0.244. The van der Waals surface area contributed by atoms with Crippen molar-refractivity contribution in [2.45, 2.75) is 68.3 Å². The van der Waals surface area contributed by atoms with Crippen LogP contribution < -0.4 is 0 Å². The van der Waals surface area contributed by atoms with Gasteiger partial charge >= 0.3 is 0 Å². The van der Waals surface area contributed by atoms with E-state index in [0.29, 0.717) is 16.6 Å². The third-order valence-electron chi connectivity index (χ3n) is 7.37. The molecule has 0 atom stereocenters. The molecule has 7 aromatic rings. The normalized spacial score (nSPS) is 19.2. The minimum Gasteiger partial charge on any atom is -0.500 e.